The van der Waals surface area contributed by atoms with Crippen molar-refractivity contribution in [2.24, 2.45) is 0 Å². The summed E-state index contributed by atoms with van der Waals surface area (Å²) in [5, 5.41) is 12.0. The van der Waals surface area contributed by atoms with E-state index in [9.17, 15) is 9.59 Å². The minimum atomic E-state index is -0.364. The van der Waals surface area contributed by atoms with Gasteiger partial charge in [0.05, 0.1) is 0 Å². The van der Waals surface area contributed by atoms with Gasteiger partial charge in [-0.05, 0) is 25.7 Å². The summed E-state index contributed by atoms with van der Waals surface area (Å²) in [4.78, 5) is 27.8. The second-order valence-corrected chi connectivity index (χ2v) is 5.20. The molecule has 0 bridgehead atoms. The Morgan fingerprint density at radius 1 is 1.16 bits per heavy atom. The van der Waals surface area contributed by atoms with Crippen molar-refractivity contribution in [2.45, 2.75) is 31.7 Å². The van der Waals surface area contributed by atoms with Crippen LogP contribution in [0.15, 0.2) is 0 Å². The number of aliphatic hydroxyl groups is 1. The molecule has 1 unspecified atom stereocenters. The van der Waals surface area contributed by atoms with Gasteiger partial charge in [0.15, 0.2) is 0 Å². The fourth-order valence-electron chi connectivity index (χ4n) is 2.86. The zero-order valence-corrected chi connectivity index (χ0v) is 11.3. The molecule has 6 heteroatoms. The summed E-state index contributed by atoms with van der Waals surface area (Å²) in [5.74, 6) is -0.722. The Bertz CT molecular complexity index is 329. The van der Waals surface area contributed by atoms with Crippen LogP contribution in [0.2, 0.25) is 0 Å². The molecule has 0 aromatic heterocycles. The molecule has 2 saturated heterocycles. The highest BCUT2D eigenvalue weighted by atomic mass is 16.3. The van der Waals surface area contributed by atoms with Crippen LogP contribution in [0.1, 0.15) is 25.7 Å². The van der Waals surface area contributed by atoms with Gasteiger partial charge in [0.2, 0.25) is 0 Å². The minimum Gasteiger partial charge on any atom is -0.396 e. The lowest BCUT2D eigenvalue weighted by Gasteiger charge is -2.30. The Labute approximate surface area is 113 Å². The average Bonchev–Trinajstić information content (AvgIpc) is 2.92. The topological polar surface area (TPSA) is 72.9 Å². The van der Waals surface area contributed by atoms with Crippen molar-refractivity contribution in [1.29, 1.82) is 0 Å². The molecule has 1 atom stereocenters. The van der Waals surface area contributed by atoms with Crippen LogP contribution in [0.5, 0.6) is 0 Å². The normalized spacial score (nSPS) is 23.7. The van der Waals surface area contributed by atoms with E-state index in [-0.39, 0.29) is 24.5 Å². The molecule has 2 fully saturated rings. The second-order valence-electron chi connectivity index (χ2n) is 5.20. The number of nitrogens with one attached hydrogen (secondary N) is 1. The molecule has 0 radical (unpaired) electrons. The summed E-state index contributed by atoms with van der Waals surface area (Å²) >= 11 is 0. The van der Waals surface area contributed by atoms with E-state index in [1.165, 1.54) is 0 Å². The lowest BCUT2D eigenvalue weighted by molar-refractivity contribution is -0.152. The number of hydrogen-bond acceptors (Lipinski definition) is 4. The van der Waals surface area contributed by atoms with Gasteiger partial charge in [-0.1, -0.05) is 0 Å². The second kappa shape index (κ2) is 6.86. The number of amides is 2. The number of rotatable bonds is 3. The van der Waals surface area contributed by atoms with Gasteiger partial charge in [0.1, 0.15) is 0 Å². The first-order valence-electron chi connectivity index (χ1n) is 7.15. The lowest BCUT2D eigenvalue weighted by Crippen LogP contribution is -2.52. The molecular formula is C13H23N3O3. The number of carbonyl (C=O) groups excluding carboxylic acids is 2. The van der Waals surface area contributed by atoms with Gasteiger partial charge in [-0.3, -0.25) is 9.59 Å². The molecule has 6 nitrogen and oxygen atoms in total. The van der Waals surface area contributed by atoms with Crippen LogP contribution in [-0.2, 0) is 9.59 Å². The largest absolute Gasteiger partial charge is 0.396 e. The molecule has 0 aliphatic carbocycles. The van der Waals surface area contributed by atoms with Crippen molar-refractivity contribution in [3.63, 3.8) is 0 Å². The van der Waals surface area contributed by atoms with Gasteiger partial charge in [-0.15, -0.1) is 0 Å². The third kappa shape index (κ3) is 3.45. The summed E-state index contributed by atoms with van der Waals surface area (Å²) in [5.41, 5.74) is 0. The van der Waals surface area contributed by atoms with Gasteiger partial charge < -0.3 is 20.2 Å². The Morgan fingerprint density at radius 3 is 2.58 bits per heavy atom. The Kier molecular flexibility index (Phi) is 5.15. The molecule has 108 valence electrons. The van der Waals surface area contributed by atoms with Crippen molar-refractivity contribution in [1.82, 2.24) is 15.1 Å². The van der Waals surface area contributed by atoms with Crippen LogP contribution >= 0.6 is 0 Å². The summed E-state index contributed by atoms with van der Waals surface area (Å²) in [6.45, 7) is 3.55. The predicted molar refractivity (Wildman–Crippen MR) is 70.5 cm³/mol. The highest BCUT2D eigenvalue weighted by Gasteiger charge is 2.34. The molecule has 2 N–H and O–H groups in total. The van der Waals surface area contributed by atoms with E-state index in [0.717, 1.165) is 32.4 Å². The van der Waals surface area contributed by atoms with Gasteiger partial charge in [-0.2, -0.15) is 0 Å². The molecular weight excluding hydrogens is 246 g/mol. The van der Waals surface area contributed by atoms with E-state index >= 15 is 0 Å². The monoisotopic (exact) mass is 269 g/mol. The van der Waals surface area contributed by atoms with E-state index in [4.69, 9.17) is 5.11 Å². The minimum absolute atomic E-state index is 0.131. The molecule has 2 amide bonds. The number of likely N-dealkylation sites (tertiary alicyclic amines) is 1. The summed E-state index contributed by atoms with van der Waals surface area (Å²) < 4.78 is 0. The van der Waals surface area contributed by atoms with Crippen molar-refractivity contribution in [3.05, 3.63) is 0 Å². The van der Waals surface area contributed by atoms with Crippen LogP contribution in [0, 0.1) is 0 Å². The van der Waals surface area contributed by atoms with Gasteiger partial charge in [0.25, 0.3) is 0 Å². The van der Waals surface area contributed by atoms with Crippen molar-refractivity contribution < 1.29 is 14.7 Å². The average molecular weight is 269 g/mol. The molecule has 2 aliphatic rings. The number of hydrogen-bond donors (Lipinski definition) is 2. The zero-order valence-electron chi connectivity index (χ0n) is 11.3. The standard InChI is InChI=1S/C13H23N3O3/c17-10-2-4-11-3-1-7-16(11)13(19)12(18)15-8-5-14-6-9-15/h11,14,17H,1-10H2. The number of carbonyl (C=O) groups is 2. The Morgan fingerprint density at radius 2 is 1.89 bits per heavy atom. The van der Waals surface area contributed by atoms with Crippen molar-refractivity contribution in [2.75, 3.05) is 39.3 Å². The quantitative estimate of drug-likeness (QED) is 0.657. The van der Waals surface area contributed by atoms with Gasteiger partial charge in [0, 0.05) is 45.4 Å². The fourth-order valence-corrected chi connectivity index (χ4v) is 2.86. The van der Waals surface area contributed by atoms with Crippen LogP contribution in [0.3, 0.4) is 0 Å². The first kappa shape index (κ1) is 14.3. The van der Waals surface area contributed by atoms with Gasteiger partial charge >= 0.3 is 11.8 Å². The Balaban J connectivity index is 1.91. The van der Waals surface area contributed by atoms with E-state index in [1.54, 1.807) is 9.80 Å². The third-order valence-electron chi connectivity index (χ3n) is 3.92. The predicted octanol–water partition coefficient (Wildman–Crippen LogP) is -0.818. The van der Waals surface area contributed by atoms with Crippen LogP contribution < -0.4 is 5.32 Å². The lowest BCUT2D eigenvalue weighted by atomic mass is 10.1. The molecule has 2 aliphatic heterocycles. The molecule has 2 heterocycles. The first-order chi connectivity index (χ1) is 9.24. The molecule has 0 aromatic rings. The molecule has 2 rings (SSSR count). The van der Waals surface area contributed by atoms with E-state index in [0.29, 0.717) is 26.1 Å². The summed E-state index contributed by atoms with van der Waals surface area (Å²) in [6.07, 6.45) is 3.38. The third-order valence-corrected chi connectivity index (χ3v) is 3.92. The highest BCUT2D eigenvalue weighted by Crippen LogP contribution is 2.21. The molecule has 19 heavy (non-hydrogen) atoms. The molecule has 0 spiro atoms. The maximum absolute atomic E-state index is 12.3. The smallest absolute Gasteiger partial charge is 0.312 e. The van der Waals surface area contributed by atoms with Crippen molar-refractivity contribution in [3.8, 4) is 0 Å². The van der Waals surface area contributed by atoms with E-state index in [1.807, 2.05) is 0 Å². The van der Waals surface area contributed by atoms with E-state index in [2.05, 4.69) is 5.32 Å². The first-order valence-corrected chi connectivity index (χ1v) is 7.15. The van der Waals surface area contributed by atoms with E-state index < -0.39 is 0 Å². The maximum Gasteiger partial charge on any atom is 0.312 e. The Hall–Kier alpha value is -1.14. The number of piperazine rings is 1. The SMILES string of the molecule is O=C(C(=O)N1CCCC1CCCO)N1CCNCC1. The number of nitrogens with zero attached hydrogens (tertiary/aromatic N) is 2. The molecule has 0 aromatic carbocycles. The summed E-state index contributed by atoms with van der Waals surface area (Å²) in [7, 11) is 0. The van der Waals surface area contributed by atoms with Crippen LogP contribution in [0.25, 0.3) is 0 Å². The zero-order chi connectivity index (χ0) is 13.7. The highest BCUT2D eigenvalue weighted by molar-refractivity contribution is 6.35. The number of aliphatic hydroxyl groups excluding tert-OH is 1. The van der Waals surface area contributed by atoms with Crippen LogP contribution in [0.4, 0.5) is 0 Å². The molecule has 0 saturated carbocycles. The van der Waals surface area contributed by atoms with Gasteiger partial charge in [-0.25, -0.2) is 0 Å². The summed E-state index contributed by atoms with van der Waals surface area (Å²) in [6, 6.07) is 0.131. The van der Waals surface area contributed by atoms with Crippen LogP contribution in [-0.4, -0.2) is 72.1 Å². The fraction of sp³-hybridized carbons (Fsp3) is 0.846. The van der Waals surface area contributed by atoms with Crippen molar-refractivity contribution >= 4 is 11.8 Å². The maximum atomic E-state index is 12.3.